The number of ether oxygens (including phenoxy) is 1. The lowest BCUT2D eigenvalue weighted by atomic mass is 10.1. The van der Waals surface area contributed by atoms with E-state index in [1.165, 1.54) is 0 Å². The van der Waals surface area contributed by atoms with Gasteiger partial charge in [-0.05, 0) is 51.0 Å². The zero-order valence-electron chi connectivity index (χ0n) is 13.9. The fourth-order valence-electron chi connectivity index (χ4n) is 2.46. The van der Waals surface area contributed by atoms with Crippen molar-refractivity contribution in [1.29, 1.82) is 0 Å². The average molecular weight is 311 g/mol. The van der Waals surface area contributed by atoms with Crippen LogP contribution in [0.5, 0.6) is 0 Å². The number of aryl methyl sites for hydroxylation is 4. The standard InChI is InChI=1S/C19H21NO3/c1-12-5-7-16(8-6-12)19(22)23-11-17(21)20-18-14(3)9-13(2)10-15(18)4/h5-10H,11H2,1-4H3,(H,20,21). The molecule has 0 heterocycles. The first-order chi connectivity index (χ1) is 10.9. The molecule has 2 rings (SSSR count). The maximum Gasteiger partial charge on any atom is 0.338 e. The van der Waals surface area contributed by atoms with Gasteiger partial charge in [-0.2, -0.15) is 0 Å². The second-order valence-corrected chi connectivity index (χ2v) is 5.76. The van der Waals surface area contributed by atoms with Crippen LogP contribution in [0.25, 0.3) is 0 Å². The molecular weight excluding hydrogens is 290 g/mol. The van der Waals surface area contributed by atoms with Gasteiger partial charge in [-0.1, -0.05) is 35.4 Å². The molecule has 0 fully saturated rings. The van der Waals surface area contributed by atoms with Gasteiger partial charge in [0.1, 0.15) is 0 Å². The summed E-state index contributed by atoms with van der Waals surface area (Å²) in [6, 6.07) is 11.0. The minimum Gasteiger partial charge on any atom is -0.452 e. The highest BCUT2D eigenvalue weighted by Crippen LogP contribution is 2.21. The Kier molecular flexibility index (Phi) is 5.16. The normalized spacial score (nSPS) is 10.3. The quantitative estimate of drug-likeness (QED) is 0.876. The van der Waals surface area contributed by atoms with E-state index >= 15 is 0 Å². The molecule has 0 aromatic heterocycles. The predicted octanol–water partition coefficient (Wildman–Crippen LogP) is 3.72. The van der Waals surface area contributed by atoms with E-state index in [0.717, 1.165) is 27.9 Å². The highest BCUT2D eigenvalue weighted by atomic mass is 16.5. The molecule has 0 unspecified atom stereocenters. The van der Waals surface area contributed by atoms with Gasteiger partial charge in [0.05, 0.1) is 5.56 Å². The molecule has 0 radical (unpaired) electrons. The first-order valence-corrected chi connectivity index (χ1v) is 7.48. The molecule has 0 aliphatic carbocycles. The summed E-state index contributed by atoms with van der Waals surface area (Å²) >= 11 is 0. The molecule has 4 nitrogen and oxygen atoms in total. The van der Waals surface area contributed by atoms with E-state index in [1.54, 1.807) is 12.1 Å². The third-order valence-corrected chi connectivity index (χ3v) is 3.56. The maximum atomic E-state index is 12.0. The van der Waals surface area contributed by atoms with Gasteiger partial charge in [-0.15, -0.1) is 0 Å². The van der Waals surface area contributed by atoms with Crippen LogP contribution in [-0.2, 0) is 9.53 Å². The molecule has 120 valence electrons. The number of carbonyl (C=O) groups excluding carboxylic acids is 2. The van der Waals surface area contributed by atoms with E-state index in [1.807, 2.05) is 52.0 Å². The van der Waals surface area contributed by atoms with Crippen LogP contribution in [0.15, 0.2) is 36.4 Å². The zero-order valence-corrected chi connectivity index (χ0v) is 13.9. The number of hydrogen-bond acceptors (Lipinski definition) is 3. The first kappa shape index (κ1) is 16.7. The summed E-state index contributed by atoms with van der Waals surface area (Å²) in [7, 11) is 0. The van der Waals surface area contributed by atoms with Crippen molar-refractivity contribution in [3.8, 4) is 0 Å². The van der Waals surface area contributed by atoms with Crippen LogP contribution in [0.1, 0.15) is 32.6 Å². The molecule has 0 aliphatic rings. The summed E-state index contributed by atoms with van der Waals surface area (Å²) in [6.45, 7) is 7.52. The Morgan fingerprint density at radius 1 is 0.913 bits per heavy atom. The smallest absolute Gasteiger partial charge is 0.338 e. The van der Waals surface area contributed by atoms with Crippen LogP contribution in [0, 0.1) is 27.7 Å². The molecular formula is C19H21NO3. The summed E-state index contributed by atoms with van der Waals surface area (Å²) < 4.78 is 5.05. The van der Waals surface area contributed by atoms with Crippen molar-refractivity contribution in [2.75, 3.05) is 11.9 Å². The SMILES string of the molecule is Cc1ccc(C(=O)OCC(=O)Nc2c(C)cc(C)cc2C)cc1. The Labute approximate surface area is 136 Å². The number of rotatable bonds is 4. The molecule has 1 amide bonds. The number of amides is 1. The van der Waals surface area contributed by atoms with Crippen molar-refractivity contribution >= 4 is 17.6 Å². The van der Waals surface area contributed by atoms with Crippen LogP contribution < -0.4 is 5.32 Å². The Bertz CT molecular complexity index is 710. The van der Waals surface area contributed by atoms with Crippen molar-refractivity contribution in [1.82, 2.24) is 0 Å². The van der Waals surface area contributed by atoms with Crippen molar-refractivity contribution in [3.63, 3.8) is 0 Å². The highest BCUT2D eigenvalue weighted by molar-refractivity contribution is 5.96. The first-order valence-electron chi connectivity index (χ1n) is 7.48. The summed E-state index contributed by atoms with van der Waals surface area (Å²) in [6.07, 6.45) is 0. The topological polar surface area (TPSA) is 55.4 Å². The molecule has 0 spiro atoms. The van der Waals surface area contributed by atoms with Crippen LogP contribution >= 0.6 is 0 Å². The van der Waals surface area contributed by atoms with Gasteiger partial charge < -0.3 is 10.1 Å². The Balaban J connectivity index is 1.95. The fraction of sp³-hybridized carbons (Fsp3) is 0.263. The molecule has 0 bridgehead atoms. The van der Waals surface area contributed by atoms with Crippen molar-refractivity contribution in [3.05, 3.63) is 64.2 Å². The van der Waals surface area contributed by atoms with Crippen LogP contribution in [0.4, 0.5) is 5.69 Å². The molecule has 0 aliphatic heterocycles. The van der Waals surface area contributed by atoms with Crippen LogP contribution in [0.2, 0.25) is 0 Å². The van der Waals surface area contributed by atoms with Gasteiger partial charge in [-0.25, -0.2) is 4.79 Å². The summed E-state index contributed by atoms with van der Waals surface area (Å²) in [5.41, 5.74) is 5.38. The molecule has 4 heteroatoms. The lowest BCUT2D eigenvalue weighted by Gasteiger charge is -2.13. The lowest BCUT2D eigenvalue weighted by molar-refractivity contribution is -0.119. The second-order valence-electron chi connectivity index (χ2n) is 5.76. The lowest BCUT2D eigenvalue weighted by Crippen LogP contribution is -2.22. The van der Waals surface area contributed by atoms with E-state index < -0.39 is 5.97 Å². The monoisotopic (exact) mass is 311 g/mol. The van der Waals surface area contributed by atoms with Crippen molar-refractivity contribution in [2.24, 2.45) is 0 Å². The maximum absolute atomic E-state index is 12.0. The van der Waals surface area contributed by atoms with Crippen LogP contribution in [0.3, 0.4) is 0 Å². The average Bonchev–Trinajstić information content (AvgIpc) is 2.49. The van der Waals surface area contributed by atoms with E-state index in [9.17, 15) is 9.59 Å². The Morgan fingerprint density at radius 3 is 2.04 bits per heavy atom. The number of anilines is 1. The Morgan fingerprint density at radius 2 is 1.48 bits per heavy atom. The van der Waals surface area contributed by atoms with Crippen molar-refractivity contribution < 1.29 is 14.3 Å². The number of carbonyl (C=O) groups is 2. The largest absolute Gasteiger partial charge is 0.452 e. The molecule has 0 saturated carbocycles. The van der Waals surface area contributed by atoms with E-state index in [0.29, 0.717) is 5.56 Å². The number of benzene rings is 2. The highest BCUT2D eigenvalue weighted by Gasteiger charge is 2.12. The van der Waals surface area contributed by atoms with Gasteiger partial charge >= 0.3 is 5.97 Å². The van der Waals surface area contributed by atoms with E-state index in [4.69, 9.17) is 4.74 Å². The molecule has 23 heavy (non-hydrogen) atoms. The van der Waals surface area contributed by atoms with Gasteiger partial charge in [0.15, 0.2) is 6.61 Å². The van der Waals surface area contributed by atoms with Gasteiger partial charge in [0.25, 0.3) is 5.91 Å². The fourth-order valence-corrected chi connectivity index (χ4v) is 2.46. The number of hydrogen-bond donors (Lipinski definition) is 1. The summed E-state index contributed by atoms with van der Waals surface area (Å²) in [4.78, 5) is 23.9. The van der Waals surface area contributed by atoms with Gasteiger partial charge in [-0.3, -0.25) is 4.79 Å². The van der Waals surface area contributed by atoms with E-state index in [2.05, 4.69) is 5.32 Å². The number of nitrogens with one attached hydrogen (secondary N) is 1. The molecule has 0 saturated heterocycles. The minimum atomic E-state index is -0.502. The summed E-state index contributed by atoms with van der Waals surface area (Å²) in [5.74, 6) is -0.849. The van der Waals surface area contributed by atoms with Crippen molar-refractivity contribution in [2.45, 2.75) is 27.7 Å². The van der Waals surface area contributed by atoms with Gasteiger partial charge in [0.2, 0.25) is 0 Å². The van der Waals surface area contributed by atoms with Crippen LogP contribution in [-0.4, -0.2) is 18.5 Å². The van der Waals surface area contributed by atoms with Gasteiger partial charge in [0, 0.05) is 5.69 Å². The summed E-state index contributed by atoms with van der Waals surface area (Å²) in [5, 5.41) is 2.81. The molecule has 1 N–H and O–H groups in total. The minimum absolute atomic E-state index is 0.306. The predicted molar refractivity (Wildman–Crippen MR) is 90.7 cm³/mol. The third-order valence-electron chi connectivity index (χ3n) is 3.56. The molecule has 2 aromatic rings. The third kappa shape index (κ3) is 4.42. The second kappa shape index (κ2) is 7.09. The zero-order chi connectivity index (χ0) is 17.0. The molecule has 2 aromatic carbocycles. The molecule has 0 atom stereocenters. The van der Waals surface area contributed by atoms with E-state index in [-0.39, 0.29) is 12.5 Å². The Hall–Kier alpha value is -2.62. The number of esters is 1.